The van der Waals surface area contributed by atoms with Crippen molar-refractivity contribution < 1.29 is 0 Å². The van der Waals surface area contributed by atoms with Gasteiger partial charge in [-0.2, -0.15) is 0 Å². The third kappa shape index (κ3) is 2.00. The number of imidazole rings is 1. The highest BCUT2D eigenvalue weighted by atomic mass is 79.9. The molecule has 0 aliphatic rings. The molecule has 20 heavy (non-hydrogen) atoms. The first kappa shape index (κ1) is 13.2. The van der Waals surface area contributed by atoms with Crippen LogP contribution in [0.2, 0.25) is 0 Å². The average molecular weight is 330 g/mol. The lowest BCUT2D eigenvalue weighted by Crippen LogP contribution is -2.01. The Morgan fingerprint density at radius 1 is 1.05 bits per heavy atom. The van der Waals surface area contributed by atoms with Gasteiger partial charge in [-0.05, 0) is 61.7 Å². The number of anilines is 1. The molecule has 0 fully saturated rings. The second kappa shape index (κ2) is 4.63. The molecule has 0 atom stereocenters. The molecule has 102 valence electrons. The second-order valence-corrected chi connectivity index (χ2v) is 5.98. The lowest BCUT2D eigenvalue weighted by Gasteiger charge is -2.11. The van der Waals surface area contributed by atoms with E-state index in [0.29, 0.717) is 5.95 Å². The summed E-state index contributed by atoms with van der Waals surface area (Å²) < 4.78 is 3.14. The summed E-state index contributed by atoms with van der Waals surface area (Å²) in [4.78, 5) is 4.46. The van der Waals surface area contributed by atoms with Crippen molar-refractivity contribution in [3.8, 4) is 5.69 Å². The Morgan fingerprint density at radius 3 is 2.35 bits per heavy atom. The summed E-state index contributed by atoms with van der Waals surface area (Å²) in [7, 11) is 0. The molecule has 0 amide bonds. The van der Waals surface area contributed by atoms with E-state index in [9.17, 15) is 0 Å². The van der Waals surface area contributed by atoms with E-state index >= 15 is 0 Å². The first-order chi connectivity index (χ1) is 9.47. The minimum absolute atomic E-state index is 0.520. The molecule has 3 aromatic rings. The molecule has 0 saturated heterocycles. The lowest BCUT2D eigenvalue weighted by molar-refractivity contribution is 1.09. The molecule has 2 aromatic carbocycles. The van der Waals surface area contributed by atoms with E-state index < -0.39 is 0 Å². The highest BCUT2D eigenvalue weighted by molar-refractivity contribution is 9.10. The number of nitrogens with two attached hydrogens (primary N) is 1. The fraction of sp³-hybridized carbons (Fsp3) is 0.188. The van der Waals surface area contributed by atoms with E-state index in [1.807, 2.05) is 4.57 Å². The topological polar surface area (TPSA) is 43.8 Å². The number of halogens is 1. The number of rotatable bonds is 1. The Morgan fingerprint density at radius 2 is 1.70 bits per heavy atom. The smallest absolute Gasteiger partial charge is 0.205 e. The SMILES string of the molecule is Cc1ccc2c(c1)nc(N)n2-c1cc(C)c(Br)c(C)c1. The molecule has 1 aromatic heterocycles. The molecule has 0 aliphatic carbocycles. The van der Waals surface area contributed by atoms with Crippen LogP contribution < -0.4 is 5.73 Å². The van der Waals surface area contributed by atoms with Crippen LogP contribution in [-0.4, -0.2) is 9.55 Å². The average Bonchev–Trinajstić information content (AvgIpc) is 2.70. The molecule has 2 N–H and O–H groups in total. The van der Waals surface area contributed by atoms with Crippen molar-refractivity contribution in [3.63, 3.8) is 0 Å². The summed E-state index contributed by atoms with van der Waals surface area (Å²) in [6.07, 6.45) is 0. The molecule has 0 spiro atoms. The van der Waals surface area contributed by atoms with E-state index in [4.69, 9.17) is 5.73 Å². The van der Waals surface area contributed by atoms with Gasteiger partial charge in [-0.15, -0.1) is 0 Å². The zero-order valence-corrected chi connectivity index (χ0v) is 13.3. The van der Waals surface area contributed by atoms with Crippen molar-refractivity contribution >= 4 is 32.9 Å². The summed E-state index contributed by atoms with van der Waals surface area (Å²) in [5.74, 6) is 0.520. The van der Waals surface area contributed by atoms with Gasteiger partial charge >= 0.3 is 0 Å². The Hall–Kier alpha value is -1.81. The zero-order chi connectivity index (χ0) is 14.4. The second-order valence-electron chi connectivity index (χ2n) is 5.19. The normalized spacial score (nSPS) is 11.2. The predicted octanol–water partition coefficient (Wildman–Crippen LogP) is 4.30. The number of fused-ring (bicyclic) bond motifs is 1. The lowest BCUT2D eigenvalue weighted by atomic mass is 10.1. The Labute approximate surface area is 126 Å². The van der Waals surface area contributed by atoms with Crippen molar-refractivity contribution in [1.82, 2.24) is 9.55 Å². The number of aromatic nitrogens is 2. The molecular formula is C16H16BrN3. The maximum atomic E-state index is 6.11. The predicted molar refractivity (Wildman–Crippen MR) is 87.4 cm³/mol. The summed E-state index contributed by atoms with van der Waals surface area (Å²) in [5, 5.41) is 0. The molecule has 0 radical (unpaired) electrons. The van der Waals surface area contributed by atoms with Gasteiger partial charge in [0, 0.05) is 10.2 Å². The van der Waals surface area contributed by atoms with Crippen LogP contribution in [-0.2, 0) is 0 Å². The quantitative estimate of drug-likeness (QED) is 0.723. The van der Waals surface area contributed by atoms with Gasteiger partial charge in [0.05, 0.1) is 11.0 Å². The van der Waals surface area contributed by atoms with Crippen LogP contribution in [0.5, 0.6) is 0 Å². The summed E-state index contributed by atoms with van der Waals surface area (Å²) >= 11 is 3.60. The van der Waals surface area contributed by atoms with Crippen LogP contribution in [0, 0.1) is 20.8 Å². The van der Waals surface area contributed by atoms with Crippen molar-refractivity contribution in [3.05, 3.63) is 51.5 Å². The van der Waals surface area contributed by atoms with E-state index in [-0.39, 0.29) is 0 Å². The van der Waals surface area contributed by atoms with Gasteiger partial charge in [0.15, 0.2) is 0 Å². The largest absolute Gasteiger partial charge is 0.369 e. The fourth-order valence-corrected chi connectivity index (χ4v) is 2.76. The van der Waals surface area contributed by atoms with Crippen molar-refractivity contribution in [2.45, 2.75) is 20.8 Å². The van der Waals surface area contributed by atoms with Crippen molar-refractivity contribution in [1.29, 1.82) is 0 Å². The molecule has 1 heterocycles. The molecule has 3 nitrogen and oxygen atoms in total. The number of hydrogen-bond donors (Lipinski definition) is 1. The molecule has 0 aliphatic heterocycles. The van der Waals surface area contributed by atoms with Crippen LogP contribution in [0.25, 0.3) is 16.7 Å². The van der Waals surface area contributed by atoms with Gasteiger partial charge in [0.1, 0.15) is 0 Å². The summed E-state index contributed by atoms with van der Waals surface area (Å²) in [6.45, 7) is 6.22. The highest BCUT2D eigenvalue weighted by Crippen LogP contribution is 2.29. The number of hydrogen-bond acceptors (Lipinski definition) is 2. The first-order valence-electron chi connectivity index (χ1n) is 6.49. The first-order valence-corrected chi connectivity index (χ1v) is 7.28. The van der Waals surface area contributed by atoms with Crippen LogP contribution in [0.1, 0.15) is 16.7 Å². The van der Waals surface area contributed by atoms with Gasteiger partial charge in [0.2, 0.25) is 5.95 Å². The van der Waals surface area contributed by atoms with E-state index in [2.05, 4.69) is 72.0 Å². The standard InChI is InChI=1S/C16H16BrN3/c1-9-4-5-14-13(6-9)19-16(18)20(14)12-7-10(2)15(17)11(3)8-12/h4-8H,1-3H3,(H2,18,19). The third-order valence-corrected chi connectivity index (χ3v) is 4.77. The Kier molecular flexibility index (Phi) is 3.05. The molecule has 4 heteroatoms. The molecule has 0 unspecified atom stereocenters. The minimum Gasteiger partial charge on any atom is -0.369 e. The van der Waals surface area contributed by atoms with Crippen LogP contribution in [0.15, 0.2) is 34.8 Å². The maximum Gasteiger partial charge on any atom is 0.205 e. The minimum atomic E-state index is 0.520. The van der Waals surface area contributed by atoms with Crippen LogP contribution in [0.4, 0.5) is 5.95 Å². The van der Waals surface area contributed by atoms with E-state index in [1.165, 1.54) is 16.7 Å². The summed E-state index contributed by atoms with van der Waals surface area (Å²) in [6, 6.07) is 10.4. The number of aryl methyl sites for hydroxylation is 3. The molecular weight excluding hydrogens is 314 g/mol. The van der Waals surface area contributed by atoms with Gasteiger partial charge in [0.25, 0.3) is 0 Å². The number of nitrogen functional groups attached to an aromatic ring is 1. The molecule has 0 saturated carbocycles. The van der Waals surface area contributed by atoms with E-state index in [0.717, 1.165) is 21.2 Å². The van der Waals surface area contributed by atoms with Crippen LogP contribution in [0.3, 0.4) is 0 Å². The molecule has 0 bridgehead atoms. The van der Waals surface area contributed by atoms with Gasteiger partial charge in [-0.25, -0.2) is 4.98 Å². The third-order valence-electron chi connectivity index (χ3n) is 3.52. The fourth-order valence-electron chi connectivity index (χ4n) is 2.53. The highest BCUT2D eigenvalue weighted by Gasteiger charge is 2.12. The van der Waals surface area contributed by atoms with Gasteiger partial charge in [-0.3, -0.25) is 4.57 Å². The monoisotopic (exact) mass is 329 g/mol. The van der Waals surface area contributed by atoms with Crippen molar-refractivity contribution in [2.75, 3.05) is 5.73 Å². The number of nitrogens with zero attached hydrogens (tertiary/aromatic N) is 2. The Bertz CT molecular complexity index is 795. The Balaban J connectivity index is 2.32. The van der Waals surface area contributed by atoms with Crippen LogP contribution >= 0.6 is 15.9 Å². The number of benzene rings is 2. The molecule has 3 rings (SSSR count). The summed E-state index contributed by atoms with van der Waals surface area (Å²) in [5.41, 5.74) is 12.7. The van der Waals surface area contributed by atoms with Crippen molar-refractivity contribution in [2.24, 2.45) is 0 Å². The van der Waals surface area contributed by atoms with E-state index in [1.54, 1.807) is 0 Å². The maximum absolute atomic E-state index is 6.11. The zero-order valence-electron chi connectivity index (χ0n) is 11.7. The van der Waals surface area contributed by atoms with Gasteiger partial charge in [-0.1, -0.05) is 22.0 Å². The van der Waals surface area contributed by atoms with Gasteiger partial charge < -0.3 is 5.73 Å².